The fraction of sp³-hybridized carbons (Fsp3) is 0.771. The van der Waals surface area contributed by atoms with Crippen LogP contribution < -0.4 is 0 Å². The Morgan fingerprint density at radius 1 is 0.389 bits per heavy atom. The van der Waals surface area contributed by atoms with Crippen molar-refractivity contribution in [1.82, 2.24) is 0 Å². The number of carbonyl (C=O) groups excluding carboxylic acids is 3. The van der Waals surface area contributed by atoms with E-state index in [1.807, 2.05) is 0 Å². The van der Waals surface area contributed by atoms with Crippen molar-refractivity contribution in [2.75, 3.05) is 13.2 Å². The predicted octanol–water partition coefficient (Wildman–Crippen LogP) is 14.4. The lowest BCUT2D eigenvalue weighted by atomic mass is 10.1. The Morgan fingerprint density at radius 2 is 0.722 bits per heavy atom. The van der Waals surface area contributed by atoms with Crippen LogP contribution in [0.2, 0.25) is 0 Å². The molecule has 6 nitrogen and oxygen atoms in total. The van der Waals surface area contributed by atoms with Crippen LogP contribution >= 0.6 is 0 Å². The number of hydrogen-bond donors (Lipinski definition) is 0. The highest BCUT2D eigenvalue weighted by Crippen LogP contribution is 2.14. The van der Waals surface area contributed by atoms with Gasteiger partial charge in [0.05, 0.1) is 0 Å². The quantitative estimate of drug-likeness (QED) is 0.0268. The van der Waals surface area contributed by atoms with Crippen LogP contribution in [0.15, 0.2) is 48.6 Å². The van der Waals surface area contributed by atoms with Gasteiger partial charge in [0.15, 0.2) is 6.10 Å². The molecule has 0 bridgehead atoms. The number of allylic oxidation sites excluding steroid dienone is 8. The predicted molar refractivity (Wildman–Crippen MR) is 229 cm³/mol. The van der Waals surface area contributed by atoms with Crippen molar-refractivity contribution in [3.63, 3.8) is 0 Å². The van der Waals surface area contributed by atoms with Crippen LogP contribution in [0.25, 0.3) is 0 Å². The molecule has 0 aromatic carbocycles. The van der Waals surface area contributed by atoms with E-state index in [9.17, 15) is 14.4 Å². The van der Waals surface area contributed by atoms with Crippen LogP contribution in [-0.2, 0) is 28.6 Å². The van der Waals surface area contributed by atoms with Crippen molar-refractivity contribution < 1.29 is 28.6 Å². The normalized spacial score (nSPS) is 12.4. The average molecular weight is 757 g/mol. The van der Waals surface area contributed by atoms with Crippen molar-refractivity contribution in [3.05, 3.63) is 48.6 Å². The summed E-state index contributed by atoms with van der Waals surface area (Å²) in [5, 5.41) is 0. The number of rotatable bonds is 40. The molecule has 0 radical (unpaired) electrons. The van der Waals surface area contributed by atoms with Crippen molar-refractivity contribution >= 4 is 17.9 Å². The van der Waals surface area contributed by atoms with Crippen LogP contribution in [-0.4, -0.2) is 37.2 Å². The van der Waals surface area contributed by atoms with Gasteiger partial charge in [-0.3, -0.25) is 14.4 Å². The zero-order chi connectivity index (χ0) is 39.4. The Morgan fingerprint density at radius 3 is 1.13 bits per heavy atom. The lowest BCUT2D eigenvalue weighted by Gasteiger charge is -2.18. The van der Waals surface area contributed by atoms with E-state index in [4.69, 9.17) is 14.2 Å². The highest BCUT2D eigenvalue weighted by Gasteiger charge is 2.19. The van der Waals surface area contributed by atoms with Gasteiger partial charge in [-0.1, -0.05) is 191 Å². The van der Waals surface area contributed by atoms with Crippen molar-refractivity contribution in [1.29, 1.82) is 0 Å². The Bertz CT molecular complexity index is 964. The minimum atomic E-state index is -0.765. The van der Waals surface area contributed by atoms with Crippen LogP contribution in [0.5, 0.6) is 0 Å². The van der Waals surface area contributed by atoms with Crippen LogP contribution in [0.3, 0.4) is 0 Å². The maximum Gasteiger partial charge on any atom is 0.306 e. The molecule has 0 amide bonds. The van der Waals surface area contributed by atoms with E-state index < -0.39 is 6.10 Å². The summed E-state index contributed by atoms with van der Waals surface area (Å²) in [5.41, 5.74) is 0. The van der Waals surface area contributed by atoms with Crippen molar-refractivity contribution in [2.24, 2.45) is 0 Å². The minimum Gasteiger partial charge on any atom is -0.462 e. The van der Waals surface area contributed by atoms with E-state index in [1.165, 1.54) is 96.3 Å². The second kappa shape index (κ2) is 43.1. The molecule has 0 aromatic heterocycles. The van der Waals surface area contributed by atoms with Crippen LogP contribution in [0.1, 0.15) is 220 Å². The highest BCUT2D eigenvalue weighted by atomic mass is 16.6. The number of hydrogen-bond acceptors (Lipinski definition) is 6. The largest absolute Gasteiger partial charge is 0.462 e. The van der Waals surface area contributed by atoms with Gasteiger partial charge in [0, 0.05) is 19.3 Å². The SMILES string of the molecule is CC/C=C\C/C=C\C/C=C\C/C=C\CCCCCCCCCCCCC(=O)OCC(COC(=O)CCCCCCCC)OC(=O)CCCCCCCCC. The first kappa shape index (κ1) is 51.4. The minimum absolute atomic E-state index is 0.0734. The standard InChI is InChI=1S/C48H84O6/c1-4-7-10-13-16-17-18-19-20-21-22-23-24-25-26-27-28-29-30-31-33-35-38-41-47(50)53-44-45(43-52-46(49)40-37-34-15-12-9-6-3)54-48(51)42-39-36-32-14-11-8-5-2/h7,10,16-17,19-20,22-23,45H,4-6,8-9,11-15,18,21,24-44H2,1-3H3/b10-7-,17-16-,20-19-,23-22-. The van der Waals surface area contributed by atoms with Crippen LogP contribution in [0, 0.1) is 0 Å². The fourth-order valence-electron chi connectivity index (χ4n) is 6.20. The van der Waals surface area contributed by atoms with E-state index in [1.54, 1.807) is 0 Å². The molecular weight excluding hydrogens is 673 g/mol. The molecule has 1 atom stereocenters. The number of carbonyl (C=O) groups is 3. The maximum atomic E-state index is 12.5. The molecule has 0 N–H and O–H groups in total. The first-order valence-corrected chi connectivity index (χ1v) is 22.6. The van der Waals surface area contributed by atoms with Crippen LogP contribution in [0.4, 0.5) is 0 Å². The topological polar surface area (TPSA) is 78.9 Å². The zero-order valence-electron chi connectivity index (χ0n) is 35.5. The molecule has 312 valence electrons. The first-order chi connectivity index (χ1) is 26.5. The Hall–Kier alpha value is -2.63. The summed E-state index contributed by atoms with van der Waals surface area (Å²) in [6, 6.07) is 0. The summed E-state index contributed by atoms with van der Waals surface area (Å²) in [7, 11) is 0. The summed E-state index contributed by atoms with van der Waals surface area (Å²) in [6.07, 6.45) is 49.9. The molecular formula is C48H84O6. The molecule has 0 heterocycles. The van der Waals surface area contributed by atoms with E-state index in [-0.39, 0.29) is 31.1 Å². The van der Waals surface area contributed by atoms with Gasteiger partial charge in [0.2, 0.25) is 0 Å². The molecule has 0 fully saturated rings. The summed E-state index contributed by atoms with van der Waals surface area (Å²) < 4.78 is 16.5. The van der Waals surface area contributed by atoms with Gasteiger partial charge in [0.25, 0.3) is 0 Å². The lowest BCUT2D eigenvalue weighted by Crippen LogP contribution is -2.30. The molecule has 0 aromatic rings. The van der Waals surface area contributed by atoms with E-state index in [0.717, 1.165) is 83.5 Å². The van der Waals surface area contributed by atoms with Gasteiger partial charge in [-0.25, -0.2) is 0 Å². The van der Waals surface area contributed by atoms with Crippen molar-refractivity contribution in [3.8, 4) is 0 Å². The second-order valence-electron chi connectivity index (χ2n) is 14.9. The average Bonchev–Trinajstić information content (AvgIpc) is 3.17. The summed E-state index contributed by atoms with van der Waals surface area (Å²) >= 11 is 0. The first-order valence-electron chi connectivity index (χ1n) is 22.6. The third kappa shape index (κ3) is 40.6. The summed E-state index contributed by atoms with van der Waals surface area (Å²) in [4.78, 5) is 37.3. The van der Waals surface area contributed by atoms with Crippen molar-refractivity contribution in [2.45, 2.75) is 226 Å². The van der Waals surface area contributed by atoms with E-state index >= 15 is 0 Å². The van der Waals surface area contributed by atoms with E-state index in [2.05, 4.69) is 69.4 Å². The molecule has 54 heavy (non-hydrogen) atoms. The Kier molecular flexibility index (Phi) is 41.0. The van der Waals surface area contributed by atoms with Gasteiger partial charge in [-0.05, 0) is 57.8 Å². The summed E-state index contributed by atoms with van der Waals surface area (Å²) in [5.74, 6) is -0.895. The molecule has 0 rings (SSSR count). The zero-order valence-corrected chi connectivity index (χ0v) is 35.5. The second-order valence-corrected chi connectivity index (χ2v) is 14.9. The third-order valence-electron chi connectivity index (χ3n) is 9.60. The lowest BCUT2D eigenvalue weighted by molar-refractivity contribution is -0.167. The smallest absolute Gasteiger partial charge is 0.306 e. The molecule has 0 aliphatic rings. The van der Waals surface area contributed by atoms with Gasteiger partial charge in [-0.15, -0.1) is 0 Å². The van der Waals surface area contributed by atoms with Gasteiger partial charge in [0.1, 0.15) is 13.2 Å². The van der Waals surface area contributed by atoms with Gasteiger partial charge < -0.3 is 14.2 Å². The Balaban J connectivity index is 4.06. The van der Waals surface area contributed by atoms with E-state index in [0.29, 0.717) is 19.3 Å². The number of ether oxygens (including phenoxy) is 3. The molecule has 0 aliphatic heterocycles. The molecule has 0 saturated carbocycles. The molecule has 0 aliphatic carbocycles. The highest BCUT2D eigenvalue weighted by molar-refractivity contribution is 5.71. The number of unbranched alkanes of at least 4 members (excludes halogenated alkanes) is 21. The fourth-order valence-corrected chi connectivity index (χ4v) is 6.20. The molecule has 1 unspecified atom stereocenters. The van der Waals surface area contributed by atoms with Gasteiger partial charge >= 0.3 is 17.9 Å². The molecule has 0 spiro atoms. The maximum absolute atomic E-state index is 12.5. The molecule has 0 saturated heterocycles. The van der Waals surface area contributed by atoms with Gasteiger partial charge in [-0.2, -0.15) is 0 Å². The molecule has 6 heteroatoms. The monoisotopic (exact) mass is 757 g/mol. The third-order valence-corrected chi connectivity index (χ3v) is 9.60. The number of esters is 3. The summed E-state index contributed by atoms with van der Waals surface area (Å²) in [6.45, 7) is 6.41. The Labute approximate surface area is 333 Å².